The van der Waals surface area contributed by atoms with Crippen LogP contribution in [0.4, 0.5) is 13.2 Å². The van der Waals surface area contributed by atoms with Crippen LogP contribution in [0.1, 0.15) is 24.3 Å². The zero-order valence-electron chi connectivity index (χ0n) is 13.4. The van der Waals surface area contributed by atoms with Crippen molar-refractivity contribution >= 4 is 27.2 Å². The number of nitrogens with two attached hydrogens (primary N) is 1. The summed E-state index contributed by atoms with van der Waals surface area (Å²) in [5.41, 5.74) is 5.39. The molecule has 0 aliphatic carbocycles. The van der Waals surface area contributed by atoms with Crippen molar-refractivity contribution in [2.24, 2.45) is 10.1 Å². The van der Waals surface area contributed by atoms with Crippen molar-refractivity contribution in [1.82, 2.24) is 0 Å². The average molecular weight is 399 g/mol. The van der Waals surface area contributed by atoms with E-state index in [1.165, 1.54) is 25.3 Å². The molecule has 5 nitrogen and oxygen atoms in total. The number of nitrogens with zero attached hydrogens (tertiary/aromatic N) is 1. The van der Waals surface area contributed by atoms with Crippen molar-refractivity contribution in [2.45, 2.75) is 31.0 Å². The number of amides is 1. The molecule has 2 N–H and O–H groups in total. The highest BCUT2D eigenvalue weighted by Gasteiger charge is 2.42. The van der Waals surface area contributed by atoms with Crippen molar-refractivity contribution in [3.05, 3.63) is 28.8 Å². The number of carbonyl (C=O) groups is 1. The summed E-state index contributed by atoms with van der Waals surface area (Å²) < 4.78 is 61.7. The van der Waals surface area contributed by atoms with Crippen molar-refractivity contribution in [3.63, 3.8) is 0 Å². The Morgan fingerprint density at radius 1 is 1.48 bits per heavy atom. The largest absolute Gasteiger partial charge is 0.496 e. The molecular weight excluding hydrogens is 381 g/mol. The predicted molar refractivity (Wildman–Crippen MR) is 89.3 cm³/mol. The van der Waals surface area contributed by atoms with E-state index in [4.69, 9.17) is 22.1 Å². The molecule has 1 aromatic carbocycles. The van der Waals surface area contributed by atoms with Crippen LogP contribution in [0.25, 0.3) is 0 Å². The zero-order valence-corrected chi connectivity index (χ0v) is 15.0. The Morgan fingerprint density at radius 2 is 2.16 bits per heavy atom. The van der Waals surface area contributed by atoms with Gasteiger partial charge in [-0.25, -0.2) is 4.21 Å². The lowest BCUT2D eigenvalue weighted by molar-refractivity contribution is -0.151. The summed E-state index contributed by atoms with van der Waals surface area (Å²) >= 11 is 5.79. The van der Waals surface area contributed by atoms with E-state index in [1.807, 2.05) is 0 Å². The Kier molecular flexibility index (Phi) is 6.01. The molecule has 1 aliphatic heterocycles. The molecular formula is C15H18ClF3N2O3S. The molecule has 0 spiro atoms. The van der Waals surface area contributed by atoms with Gasteiger partial charge in [-0.15, -0.1) is 0 Å². The molecule has 1 aliphatic rings. The minimum Gasteiger partial charge on any atom is -0.496 e. The average Bonchev–Trinajstić information content (AvgIpc) is 2.51. The first-order chi connectivity index (χ1) is 11.6. The summed E-state index contributed by atoms with van der Waals surface area (Å²) in [6, 6.07) is 3.05. The van der Waals surface area contributed by atoms with Crippen LogP contribution in [0.5, 0.6) is 5.75 Å². The predicted octanol–water partition coefficient (Wildman–Crippen LogP) is 3.11. The van der Waals surface area contributed by atoms with Gasteiger partial charge in [0.15, 0.2) is 0 Å². The molecule has 25 heavy (non-hydrogen) atoms. The van der Waals surface area contributed by atoms with Gasteiger partial charge in [0.2, 0.25) is 0 Å². The lowest BCUT2D eigenvalue weighted by atomic mass is 9.95. The number of hydrogen-bond acceptors (Lipinski definition) is 4. The van der Waals surface area contributed by atoms with Gasteiger partial charge in [0.1, 0.15) is 5.75 Å². The fourth-order valence-electron chi connectivity index (χ4n) is 2.63. The van der Waals surface area contributed by atoms with E-state index in [0.29, 0.717) is 0 Å². The molecule has 0 saturated carbocycles. The monoisotopic (exact) mass is 398 g/mol. The highest BCUT2D eigenvalue weighted by molar-refractivity contribution is 7.93. The van der Waals surface area contributed by atoms with Crippen LogP contribution in [0.3, 0.4) is 0 Å². The molecule has 0 aromatic heterocycles. The molecule has 0 radical (unpaired) electrons. The number of ether oxygens (including phenoxy) is 1. The molecule has 0 saturated heterocycles. The summed E-state index contributed by atoms with van der Waals surface area (Å²) in [5.74, 6) is -2.95. The van der Waals surface area contributed by atoms with Gasteiger partial charge in [0, 0.05) is 22.1 Å². The van der Waals surface area contributed by atoms with Crippen LogP contribution in [-0.2, 0) is 14.5 Å². The topological polar surface area (TPSA) is 81.8 Å². The van der Waals surface area contributed by atoms with Gasteiger partial charge in [-0.3, -0.25) is 4.79 Å². The van der Waals surface area contributed by atoms with E-state index < -0.39 is 40.2 Å². The zero-order chi connectivity index (χ0) is 18.8. The van der Waals surface area contributed by atoms with Gasteiger partial charge in [-0.2, -0.15) is 17.5 Å². The quantitative estimate of drug-likeness (QED) is 0.826. The molecule has 2 unspecified atom stereocenters. The van der Waals surface area contributed by atoms with Gasteiger partial charge in [0.05, 0.1) is 28.8 Å². The van der Waals surface area contributed by atoms with Crippen molar-refractivity contribution in [1.29, 1.82) is 0 Å². The van der Waals surface area contributed by atoms with Crippen molar-refractivity contribution in [3.8, 4) is 5.75 Å². The lowest BCUT2D eigenvalue weighted by Gasteiger charge is -2.24. The lowest BCUT2D eigenvalue weighted by Crippen LogP contribution is -2.37. The third-order valence-electron chi connectivity index (χ3n) is 4.01. The van der Waals surface area contributed by atoms with Gasteiger partial charge >= 0.3 is 6.18 Å². The minimum absolute atomic E-state index is 0.00320. The van der Waals surface area contributed by atoms with Gasteiger partial charge in [-0.05, 0) is 25.0 Å². The molecule has 1 aromatic rings. The van der Waals surface area contributed by atoms with Gasteiger partial charge < -0.3 is 10.5 Å². The third-order valence-corrected chi connectivity index (χ3v) is 6.51. The molecule has 0 bridgehead atoms. The summed E-state index contributed by atoms with van der Waals surface area (Å²) in [6.07, 6.45) is -4.90. The van der Waals surface area contributed by atoms with Gasteiger partial charge in [-0.1, -0.05) is 17.7 Å². The number of alkyl halides is 3. The number of halogens is 4. The first-order valence-corrected chi connectivity index (χ1v) is 9.71. The number of benzene rings is 1. The number of hydrogen-bond donors (Lipinski definition) is 1. The third kappa shape index (κ3) is 4.86. The van der Waals surface area contributed by atoms with E-state index in [0.717, 1.165) is 0 Å². The van der Waals surface area contributed by atoms with Crippen molar-refractivity contribution in [2.75, 3.05) is 18.6 Å². The second-order valence-corrected chi connectivity index (χ2v) is 8.76. The molecule has 140 valence electrons. The number of rotatable bonds is 5. The molecule has 1 heterocycles. The summed E-state index contributed by atoms with van der Waals surface area (Å²) in [6.45, 7) is 0. The smallest absolute Gasteiger partial charge is 0.395 e. The molecule has 3 atom stereocenters. The minimum atomic E-state index is -4.58. The van der Waals surface area contributed by atoms with Gasteiger partial charge in [0.25, 0.3) is 5.91 Å². The molecule has 10 heteroatoms. The Balaban J connectivity index is 2.31. The van der Waals surface area contributed by atoms with Crippen LogP contribution in [-0.4, -0.2) is 40.9 Å². The van der Waals surface area contributed by atoms with Crippen LogP contribution in [0, 0.1) is 0 Å². The normalized spacial score (nSPS) is 25.4. The second-order valence-electron chi connectivity index (χ2n) is 5.77. The van der Waals surface area contributed by atoms with E-state index in [1.54, 1.807) is 0 Å². The maximum Gasteiger partial charge on any atom is 0.395 e. The molecule has 2 rings (SSSR count). The maximum atomic E-state index is 13.5. The first-order valence-electron chi connectivity index (χ1n) is 7.48. The SMILES string of the molecule is COc1cc(Cl)ccc1C(CCS1(=O)=NC(=O)[C@@H](N)CC1)C(F)(F)F. The molecule has 0 fully saturated rings. The maximum absolute atomic E-state index is 13.5. The van der Waals surface area contributed by atoms with E-state index in [9.17, 15) is 22.2 Å². The van der Waals surface area contributed by atoms with Crippen LogP contribution >= 0.6 is 11.6 Å². The first kappa shape index (κ1) is 20.0. The van der Waals surface area contributed by atoms with Crippen molar-refractivity contribution < 1.29 is 26.9 Å². The summed E-state index contributed by atoms with van der Waals surface area (Å²) in [5, 5.41) is 0.245. The summed E-state index contributed by atoms with van der Waals surface area (Å²) in [7, 11) is -1.79. The van der Waals surface area contributed by atoms with E-state index in [2.05, 4.69) is 4.36 Å². The van der Waals surface area contributed by atoms with E-state index in [-0.39, 0.29) is 34.3 Å². The van der Waals surface area contributed by atoms with E-state index >= 15 is 0 Å². The fraction of sp³-hybridized carbons (Fsp3) is 0.533. The van der Waals surface area contributed by atoms with Crippen LogP contribution < -0.4 is 10.5 Å². The van der Waals surface area contributed by atoms with Crippen LogP contribution in [0.2, 0.25) is 5.02 Å². The Hall–Kier alpha value is -1.32. The Morgan fingerprint density at radius 3 is 2.72 bits per heavy atom. The number of methoxy groups -OCH3 is 1. The summed E-state index contributed by atoms with van der Waals surface area (Å²) in [4.78, 5) is 11.5. The number of carbonyl (C=O) groups excluding carboxylic acids is 1. The molecule has 1 amide bonds. The second kappa shape index (κ2) is 7.51. The highest BCUT2D eigenvalue weighted by Crippen LogP contribution is 2.42. The Labute approximate surface area is 148 Å². The van der Waals surface area contributed by atoms with Crippen LogP contribution in [0.15, 0.2) is 22.6 Å². The highest BCUT2D eigenvalue weighted by atomic mass is 35.5. The fourth-order valence-corrected chi connectivity index (χ4v) is 4.87. The standard InChI is InChI=1S/C15H18ClF3N2O3S/c1-24-13-8-9(16)2-3-10(13)11(15(17,18)19)4-6-25(23)7-5-12(20)14(22)21-25/h2-3,8,11-12H,4-7,20H2,1H3/t11?,12-,25?/m0/s1. The Bertz CT molecular complexity index is 776.